The molecule has 0 amide bonds. The summed E-state index contributed by atoms with van der Waals surface area (Å²) >= 11 is 0. The van der Waals surface area contributed by atoms with Crippen LogP contribution in [-0.4, -0.2) is 50.8 Å². The Balaban J connectivity index is 3.30. The molecule has 0 aliphatic rings. The van der Waals surface area contributed by atoms with Crippen LogP contribution in [0, 0.1) is 5.92 Å². The van der Waals surface area contributed by atoms with Crippen molar-refractivity contribution in [2.24, 2.45) is 5.92 Å². The number of likely N-dealkylation sites (N-methyl/N-ethyl adjacent to an activating group) is 1. The molecule has 17 heavy (non-hydrogen) atoms. The van der Waals surface area contributed by atoms with Crippen LogP contribution in [0.15, 0.2) is 0 Å². The van der Waals surface area contributed by atoms with Crippen molar-refractivity contribution in [3.63, 3.8) is 0 Å². The molecule has 3 heteroatoms. The molecule has 0 saturated carbocycles. The van der Waals surface area contributed by atoms with E-state index in [1.807, 2.05) is 0 Å². The van der Waals surface area contributed by atoms with Crippen molar-refractivity contribution in [3.05, 3.63) is 0 Å². The number of unbranched alkanes of at least 4 members (excludes halogenated alkanes) is 1. The van der Waals surface area contributed by atoms with E-state index in [-0.39, 0.29) is 0 Å². The summed E-state index contributed by atoms with van der Waals surface area (Å²) in [5, 5.41) is 3.49. The third-order valence-electron chi connectivity index (χ3n) is 2.83. The monoisotopic (exact) mass is 244 g/mol. The minimum atomic E-state index is 0.758. The van der Waals surface area contributed by atoms with Gasteiger partial charge in [0.2, 0.25) is 0 Å². The molecule has 1 N–H and O–H groups in total. The summed E-state index contributed by atoms with van der Waals surface area (Å²) in [4.78, 5) is 2.47. The molecule has 0 aromatic carbocycles. The Morgan fingerprint density at radius 3 is 2.47 bits per heavy atom. The fourth-order valence-electron chi connectivity index (χ4n) is 1.74. The summed E-state index contributed by atoms with van der Waals surface area (Å²) in [5.41, 5.74) is 0. The van der Waals surface area contributed by atoms with Gasteiger partial charge in [-0.25, -0.2) is 0 Å². The standard InChI is InChI=1S/C14H32N2O/c1-5-16(11-12-17-6-2)10-8-7-9-15-13-14(3)4/h14-15H,5-13H2,1-4H3. The fraction of sp³-hybridized carbons (Fsp3) is 1.00. The second-order valence-corrected chi connectivity index (χ2v) is 4.94. The van der Waals surface area contributed by atoms with Crippen LogP contribution in [-0.2, 0) is 4.74 Å². The van der Waals surface area contributed by atoms with Gasteiger partial charge in [-0.3, -0.25) is 0 Å². The fourth-order valence-corrected chi connectivity index (χ4v) is 1.74. The first-order chi connectivity index (χ1) is 8.20. The second-order valence-electron chi connectivity index (χ2n) is 4.94. The Morgan fingerprint density at radius 1 is 1.12 bits per heavy atom. The third-order valence-corrected chi connectivity index (χ3v) is 2.83. The number of nitrogens with one attached hydrogen (secondary N) is 1. The lowest BCUT2D eigenvalue weighted by Gasteiger charge is -2.20. The lowest BCUT2D eigenvalue weighted by molar-refractivity contribution is 0.114. The van der Waals surface area contributed by atoms with Gasteiger partial charge in [0.1, 0.15) is 0 Å². The van der Waals surface area contributed by atoms with Crippen LogP contribution in [0.25, 0.3) is 0 Å². The van der Waals surface area contributed by atoms with Gasteiger partial charge in [0.15, 0.2) is 0 Å². The first kappa shape index (κ1) is 16.9. The number of nitrogens with zero attached hydrogens (tertiary/aromatic N) is 1. The number of hydrogen-bond acceptors (Lipinski definition) is 3. The molecule has 0 bridgehead atoms. The summed E-state index contributed by atoms with van der Waals surface area (Å²) in [5.74, 6) is 0.758. The van der Waals surface area contributed by atoms with E-state index in [0.29, 0.717) is 0 Å². The van der Waals surface area contributed by atoms with Gasteiger partial charge in [0.25, 0.3) is 0 Å². The molecule has 0 aliphatic heterocycles. The topological polar surface area (TPSA) is 24.5 Å². The first-order valence-corrected chi connectivity index (χ1v) is 7.21. The van der Waals surface area contributed by atoms with E-state index in [0.717, 1.165) is 45.3 Å². The first-order valence-electron chi connectivity index (χ1n) is 7.21. The van der Waals surface area contributed by atoms with E-state index in [1.54, 1.807) is 0 Å². The van der Waals surface area contributed by atoms with Crippen molar-refractivity contribution in [2.45, 2.75) is 40.5 Å². The molecular formula is C14H32N2O. The molecule has 0 atom stereocenters. The highest BCUT2D eigenvalue weighted by Gasteiger charge is 2.01. The molecule has 0 radical (unpaired) electrons. The Labute approximate surface area is 108 Å². The zero-order valence-corrected chi connectivity index (χ0v) is 12.3. The largest absolute Gasteiger partial charge is 0.380 e. The van der Waals surface area contributed by atoms with Crippen LogP contribution in [0.4, 0.5) is 0 Å². The molecule has 0 fully saturated rings. The SMILES string of the molecule is CCOCCN(CC)CCCCNCC(C)C. The minimum Gasteiger partial charge on any atom is -0.380 e. The summed E-state index contributed by atoms with van der Waals surface area (Å²) in [6.07, 6.45) is 2.56. The van der Waals surface area contributed by atoms with Gasteiger partial charge in [-0.05, 0) is 51.9 Å². The van der Waals surface area contributed by atoms with E-state index in [4.69, 9.17) is 4.74 Å². The van der Waals surface area contributed by atoms with E-state index >= 15 is 0 Å². The summed E-state index contributed by atoms with van der Waals surface area (Å²) in [6.45, 7) is 16.2. The van der Waals surface area contributed by atoms with Crippen LogP contribution >= 0.6 is 0 Å². The maximum absolute atomic E-state index is 5.38. The van der Waals surface area contributed by atoms with Crippen molar-refractivity contribution in [1.29, 1.82) is 0 Å². The molecule has 0 spiro atoms. The van der Waals surface area contributed by atoms with E-state index in [1.165, 1.54) is 19.4 Å². The van der Waals surface area contributed by atoms with Crippen molar-refractivity contribution >= 4 is 0 Å². The van der Waals surface area contributed by atoms with Gasteiger partial charge in [-0.1, -0.05) is 20.8 Å². The Kier molecular flexibility index (Phi) is 12.3. The molecule has 0 aromatic heterocycles. The smallest absolute Gasteiger partial charge is 0.0593 e. The third kappa shape index (κ3) is 12.1. The predicted octanol–water partition coefficient (Wildman–Crippen LogP) is 2.37. The average molecular weight is 244 g/mol. The van der Waals surface area contributed by atoms with Crippen LogP contribution in [0.3, 0.4) is 0 Å². The van der Waals surface area contributed by atoms with Crippen molar-refractivity contribution in [2.75, 3.05) is 45.9 Å². The van der Waals surface area contributed by atoms with Crippen LogP contribution in [0.2, 0.25) is 0 Å². The van der Waals surface area contributed by atoms with E-state index < -0.39 is 0 Å². The molecule has 104 valence electrons. The lowest BCUT2D eigenvalue weighted by atomic mass is 10.2. The number of rotatable bonds is 12. The molecule has 0 aliphatic carbocycles. The molecule has 0 saturated heterocycles. The molecule has 0 unspecified atom stereocenters. The van der Waals surface area contributed by atoms with Crippen molar-refractivity contribution in [3.8, 4) is 0 Å². The highest BCUT2D eigenvalue weighted by atomic mass is 16.5. The number of hydrogen-bond donors (Lipinski definition) is 1. The van der Waals surface area contributed by atoms with Crippen LogP contribution < -0.4 is 5.32 Å². The van der Waals surface area contributed by atoms with Gasteiger partial charge in [0.05, 0.1) is 6.61 Å². The average Bonchev–Trinajstić information content (AvgIpc) is 2.31. The van der Waals surface area contributed by atoms with Gasteiger partial charge in [-0.2, -0.15) is 0 Å². The summed E-state index contributed by atoms with van der Waals surface area (Å²) in [6, 6.07) is 0. The highest BCUT2D eigenvalue weighted by Crippen LogP contribution is 1.95. The van der Waals surface area contributed by atoms with E-state index in [9.17, 15) is 0 Å². The van der Waals surface area contributed by atoms with Crippen LogP contribution in [0.5, 0.6) is 0 Å². The Morgan fingerprint density at radius 2 is 1.88 bits per heavy atom. The summed E-state index contributed by atoms with van der Waals surface area (Å²) in [7, 11) is 0. The number of ether oxygens (including phenoxy) is 1. The van der Waals surface area contributed by atoms with Crippen LogP contribution in [0.1, 0.15) is 40.5 Å². The highest BCUT2D eigenvalue weighted by molar-refractivity contribution is 4.57. The van der Waals surface area contributed by atoms with Gasteiger partial charge in [-0.15, -0.1) is 0 Å². The Hall–Kier alpha value is -0.120. The van der Waals surface area contributed by atoms with Gasteiger partial charge < -0.3 is 15.0 Å². The predicted molar refractivity (Wildman–Crippen MR) is 75.5 cm³/mol. The lowest BCUT2D eigenvalue weighted by Crippen LogP contribution is -2.29. The quantitative estimate of drug-likeness (QED) is 0.533. The van der Waals surface area contributed by atoms with E-state index in [2.05, 4.69) is 37.9 Å². The van der Waals surface area contributed by atoms with Gasteiger partial charge >= 0.3 is 0 Å². The maximum Gasteiger partial charge on any atom is 0.0593 e. The van der Waals surface area contributed by atoms with Crippen molar-refractivity contribution in [1.82, 2.24) is 10.2 Å². The molecule has 3 nitrogen and oxygen atoms in total. The molecule has 0 aromatic rings. The van der Waals surface area contributed by atoms with Gasteiger partial charge in [0, 0.05) is 13.2 Å². The molecule has 0 rings (SSSR count). The molecule has 0 heterocycles. The molecular weight excluding hydrogens is 212 g/mol. The normalized spacial score (nSPS) is 11.6. The maximum atomic E-state index is 5.38. The summed E-state index contributed by atoms with van der Waals surface area (Å²) < 4.78 is 5.38. The zero-order chi connectivity index (χ0) is 12.9. The van der Waals surface area contributed by atoms with Crippen molar-refractivity contribution < 1.29 is 4.74 Å². The zero-order valence-electron chi connectivity index (χ0n) is 12.3. The Bertz CT molecular complexity index is 151. The minimum absolute atomic E-state index is 0.758. The second kappa shape index (κ2) is 12.3.